The summed E-state index contributed by atoms with van der Waals surface area (Å²) in [4.78, 5) is 11.4. The van der Waals surface area contributed by atoms with Crippen molar-refractivity contribution >= 4 is 15.9 Å². The van der Waals surface area contributed by atoms with Gasteiger partial charge in [0.15, 0.2) is 5.78 Å². The Morgan fingerprint density at radius 3 is 2.23 bits per heavy atom. The number of rotatable bonds is 8. The van der Waals surface area contributed by atoms with E-state index in [9.17, 15) is 23.4 Å². The number of carbonyl (C=O) groups excluding carboxylic acids is 1. The van der Waals surface area contributed by atoms with E-state index >= 15 is 0 Å². The van der Waals surface area contributed by atoms with Gasteiger partial charge in [-0.25, -0.2) is 0 Å². The zero-order chi connectivity index (χ0) is 16.9. The molecule has 4 N–H and O–H groups in total. The molecule has 22 heavy (non-hydrogen) atoms. The monoisotopic (exact) mass is 334 g/mol. The molecule has 1 rings (SSSR count). The van der Waals surface area contributed by atoms with E-state index in [4.69, 9.17) is 10.2 Å². The Hall–Kier alpha value is -1.36. The largest absolute Gasteiger partial charge is 0.394 e. The van der Waals surface area contributed by atoms with E-state index in [0.29, 0.717) is 0 Å². The third-order valence-corrected chi connectivity index (χ3v) is 4.18. The normalized spacial score (nSPS) is 16.0. The van der Waals surface area contributed by atoms with Crippen molar-refractivity contribution in [1.29, 1.82) is 0 Å². The van der Waals surface area contributed by atoms with Crippen LogP contribution in [0.5, 0.6) is 0 Å². The van der Waals surface area contributed by atoms with Crippen LogP contribution in [0, 0.1) is 6.92 Å². The first-order valence-electron chi connectivity index (χ1n) is 6.33. The Morgan fingerprint density at radius 1 is 1.18 bits per heavy atom. The molecule has 0 unspecified atom stereocenters. The van der Waals surface area contributed by atoms with E-state index in [2.05, 4.69) is 4.18 Å². The van der Waals surface area contributed by atoms with E-state index < -0.39 is 47.4 Å². The number of Topliss-reactive ketones (excluding diaryl/α,β-unsaturated/α-hetero) is 1. The molecule has 0 aliphatic rings. The molecule has 0 radical (unpaired) electrons. The lowest BCUT2D eigenvalue weighted by atomic mass is 10.1. The topological polar surface area (TPSA) is 141 Å². The number of aliphatic hydroxyl groups is 4. The molecule has 1 aromatic carbocycles. The molecule has 0 saturated carbocycles. The lowest BCUT2D eigenvalue weighted by molar-refractivity contribution is -0.142. The van der Waals surface area contributed by atoms with Crippen LogP contribution in [0.3, 0.4) is 0 Å². The van der Waals surface area contributed by atoms with Gasteiger partial charge in [0.05, 0.1) is 11.5 Å². The molecule has 0 saturated heterocycles. The van der Waals surface area contributed by atoms with Gasteiger partial charge in [0.2, 0.25) is 0 Å². The second-order valence-corrected chi connectivity index (χ2v) is 6.30. The zero-order valence-electron chi connectivity index (χ0n) is 11.8. The van der Waals surface area contributed by atoms with E-state index in [0.717, 1.165) is 5.56 Å². The maximum Gasteiger partial charge on any atom is 0.297 e. The lowest BCUT2D eigenvalue weighted by Gasteiger charge is -2.20. The number of aryl methyl sites for hydroxylation is 1. The van der Waals surface area contributed by atoms with Crippen molar-refractivity contribution in [3.63, 3.8) is 0 Å². The Balaban J connectivity index is 2.68. The highest BCUT2D eigenvalue weighted by Crippen LogP contribution is 2.13. The summed E-state index contributed by atoms with van der Waals surface area (Å²) in [6.07, 6.45) is -5.74. The Labute approximate surface area is 127 Å². The summed E-state index contributed by atoms with van der Waals surface area (Å²) in [5.74, 6) is -1.14. The van der Waals surface area contributed by atoms with Gasteiger partial charge in [-0.2, -0.15) is 8.42 Å². The van der Waals surface area contributed by atoms with Crippen molar-refractivity contribution in [3.8, 4) is 0 Å². The average molecular weight is 334 g/mol. The molecule has 0 spiro atoms. The fourth-order valence-electron chi connectivity index (χ4n) is 1.50. The van der Waals surface area contributed by atoms with Gasteiger partial charge in [0, 0.05) is 0 Å². The Morgan fingerprint density at radius 2 is 1.73 bits per heavy atom. The molecule has 0 amide bonds. The van der Waals surface area contributed by atoms with Crippen LogP contribution in [0.25, 0.3) is 0 Å². The van der Waals surface area contributed by atoms with Crippen LogP contribution in [0.4, 0.5) is 0 Å². The maximum absolute atomic E-state index is 11.8. The highest BCUT2D eigenvalue weighted by atomic mass is 32.2. The van der Waals surface area contributed by atoms with Crippen molar-refractivity contribution in [2.75, 3.05) is 13.2 Å². The van der Waals surface area contributed by atoms with Gasteiger partial charge in [-0.1, -0.05) is 17.7 Å². The molecule has 3 atom stereocenters. The minimum absolute atomic E-state index is 0.156. The number of carbonyl (C=O) groups is 1. The van der Waals surface area contributed by atoms with E-state index in [1.807, 2.05) is 0 Å². The summed E-state index contributed by atoms with van der Waals surface area (Å²) in [6, 6.07) is 5.70. The minimum atomic E-state index is -4.18. The first-order valence-corrected chi connectivity index (χ1v) is 7.73. The molecule has 0 bridgehead atoms. The van der Waals surface area contributed by atoms with Gasteiger partial charge in [0.1, 0.15) is 24.9 Å². The molecule has 0 aliphatic carbocycles. The van der Waals surface area contributed by atoms with Gasteiger partial charge in [-0.3, -0.25) is 8.98 Å². The van der Waals surface area contributed by atoms with Crippen LogP contribution in [0.15, 0.2) is 29.2 Å². The summed E-state index contributed by atoms with van der Waals surface area (Å²) >= 11 is 0. The summed E-state index contributed by atoms with van der Waals surface area (Å²) in [5, 5.41) is 36.5. The second-order valence-electron chi connectivity index (χ2n) is 4.68. The average Bonchev–Trinajstić information content (AvgIpc) is 2.50. The van der Waals surface area contributed by atoms with E-state index in [1.54, 1.807) is 19.1 Å². The molecule has 124 valence electrons. The molecule has 0 heterocycles. The van der Waals surface area contributed by atoms with Gasteiger partial charge >= 0.3 is 0 Å². The van der Waals surface area contributed by atoms with Crippen molar-refractivity contribution < 1.29 is 37.8 Å². The predicted molar refractivity (Wildman–Crippen MR) is 74.4 cm³/mol. The first kappa shape index (κ1) is 18.7. The van der Waals surface area contributed by atoms with Crippen molar-refractivity contribution in [2.24, 2.45) is 0 Å². The SMILES string of the molecule is Cc1ccc(S(=O)(=O)OCC(=O)[C@@H](O)[C@H](O)[C@H](O)CO)cc1. The lowest BCUT2D eigenvalue weighted by Crippen LogP contribution is -2.45. The van der Waals surface area contributed by atoms with Gasteiger partial charge in [0.25, 0.3) is 10.1 Å². The number of hydrogen-bond acceptors (Lipinski definition) is 8. The van der Waals surface area contributed by atoms with Crippen LogP contribution in [-0.2, 0) is 19.1 Å². The number of benzene rings is 1. The minimum Gasteiger partial charge on any atom is -0.394 e. The second kappa shape index (κ2) is 7.77. The summed E-state index contributed by atoms with van der Waals surface area (Å²) in [5.41, 5.74) is 0.839. The van der Waals surface area contributed by atoms with E-state index in [-0.39, 0.29) is 4.90 Å². The quantitative estimate of drug-likeness (QED) is 0.414. The first-order chi connectivity index (χ1) is 10.2. The van der Waals surface area contributed by atoms with Crippen LogP contribution >= 0.6 is 0 Å². The fourth-order valence-corrected chi connectivity index (χ4v) is 2.38. The standard InChI is InChI=1S/C13H18O8S/c1-8-2-4-9(5-3-8)22(19,20)21-7-11(16)13(18)12(17)10(15)6-14/h2-5,10,12-15,17-18H,6-7H2,1H3/t10-,12-,13-/m1/s1. The van der Waals surface area contributed by atoms with Crippen LogP contribution in [0.2, 0.25) is 0 Å². The predicted octanol–water partition coefficient (Wildman–Crippen LogP) is -1.66. The number of hydrogen-bond donors (Lipinski definition) is 4. The van der Waals surface area contributed by atoms with Crippen molar-refractivity contribution in [2.45, 2.75) is 30.1 Å². The van der Waals surface area contributed by atoms with Crippen molar-refractivity contribution in [3.05, 3.63) is 29.8 Å². The molecule has 9 heteroatoms. The van der Waals surface area contributed by atoms with Crippen LogP contribution in [0.1, 0.15) is 5.56 Å². The van der Waals surface area contributed by atoms with Gasteiger partial charge in [-0.15, -0.1) is 0 Å². The molecule has 0 aromatic heterocycles. The Bertz CT molecular complexity index is 595. The van der Waals surface area contributed by atoms with Gasteiger partial charge in [-0.05, 0) is 19.1 Å². The third-order valence-electron chi connectivity index (χ3n) is 2.90. The molecular formula is C13H18O8S. The van der Waals surface area contributed by atoms with Crippen LogP contribution in [-0.4, -0.2) is 66.2 Å². The summed E-state index contributed by atoms with van der Waals surface area (Å²) in [6.45, 7) is -0.106. The highest BCUT2D eigenvalue weighted by Gasteiger charge is 2.31. The summed E-state index contributed by atoms with van der Waals surface area (Å²) in [7, 11) is -4.18. The highest BCUT2D eigenvalue weighted by molar-refractivity contribution is 7.86. The molecular weight excluding hydrogens is 316 g/mol. The Kier molecular flexibility index (Phi) is 6.60. The number of ketones is 1. The molecule has 0 fully saturated rings. The van der Waals surface area contributed by atoms with Crippen LogP contribution < -0.4 is 0 Å². The maximum atomic E-state index is 11.8. The van der Waals surface area contributed by atoms with Gasteiger partial charge < -0.3 is 20.4 Å². The zero-order valence-corrected chi connectivity index (χ0v) is 12.6. The summed E-state index contributed by atoms with van der Waals surface area (Å²) < 4.78 is 28.2. The third kappa shape index (κ3) is 4.83. The van der Waals surface area contributed by atoms with Crippen molar-refractivity contribution in [1.82, 2.24) is 0 Å². The fraction of sp³-hybridized carbons (Fsp3) is 0.462. The molecule has 1 aromatic rings. The molecule has 0 aliphatic heterocycles. The smallest absolute Gasteiger partial charge is 0.297 e. The number of aliphatic hydroxyl groups excluding tert-OH is 4. The van der Waals surface area contributed by atoms with E-state index in [1.165, 1.54) is 12.1 Å². The molecule has 8 nitrogen and oxygen atoms in total.